The molecule has 2 rings (SSSR count). The van der Waals surface area contributed by atoms with Crippen LogP contribution in [-0.4, -0.2) is 5.25 Å². The standard InChI is InChI=1S/C18H34S/c1-4-14(3)16-7-9-17(10-8-16)18(19)12-15-6-5-13(2)11-15/h13-19H,4-12H2,1-3H3. The molecule has 0 spiro atoms. The van der Waals surface area contributed by atoms with E-state index in [2.05, 4.69) is 20.8 Å². The second-order valence-electron chi connectivity index (χ2n) is 7.65. The van der Waals surface area contributed by atoms with Crippen LogP contribution in [-0.2, 0) is 0 Å². The topological polar surface area (TPSA) is 0 Å². The molecule has 19 heavy (non-hydrogen) atoms. The summed E-state index contributed by atoms with van der Waals surface area (Å²) in [6.07, 6.45) is 13.0. The minimum atomic E-state index is 0.688. The third kappa shape index (κ3) is 4.41. The van der Waals surface area contributed by atoms with E-state index < -0.39 is 0 Å². The van der Waals surface area contributed by atoms with Gasteiger partial charge in [-0.3, -0.25) is 0 Å². The Balaban J connectivity index is 1.71. The molecule has 112 valence electrons. The summed E-state index contributed by atoms with van der Waals surface area (Å²) >= 11 is 4.98. The maximum atomic E-state index is 4.98. The summed E-state index contributed by atoms with van der Waals surface area (Å²) in [4.78, 5) is 0. The molecule has 0 heterocycles. The molecule has 2 fully saturated rings. The third-order valence-electron chi connectivity index (χ3n) is 6.19. The van der Waals surface area contributed by atoms with Crippen LogP contribution in [0.2, 0.25) is 0 Å². The smallest absolute Gasteiger partial charge is 0.00477 e. The van der Waals surface area contributed by atoms with E-state index in [1.165, 1.54) is 57.8 Å². The van der Waals surface area contributed by atoms with Gasteiger partial charge in [0.1, 0.15) is 0 Å². The molecular weight excluding hydrogens is 248 g/mol. The Hall–Kier alpha value is 0.350. The maximum Gasteiger partial charge on any atom is 0.00477 e. The van der Waals surface area contributed by atoms with Crippen LogP contribution in [0.15, 0.2) is 0 Å². The lowest BCUT2D eigenvalue weighted by molar-refractivity contribution is 0.201. The van der Waals surface area contributed by atoms with E-state index in [1.807, 2.05) is 0 Å². The van der Waals surface area contributed by atoms with Crippen LogP contribution in [0, 0.1) is 29.6 Å². The molecule has 0 bridgehead atoms. The van der Waals surface area contributed by atoms with Gasteiger partial charge in [0.05, 0.1) is 0 Å². The van der Waals surface area contributed by atoms with Gasteiger partial charge in [-0.05, 0) is 68.1 Å². The molecule has 2 saturated carbocycles. The average molecular weight is 283 g/mol. The van der Waals surface area contributed by atoms with Gasteiger partial charge in [0, 0.05) is 5.25 Å². The second kappa shape index (κ2) is 7.38. The molecule has 0 radical (unpaired) electrons. The van der Waals surface area contributed by atoms with E-state index in [0.29, 0.717) is 5.25 Å². The molecule has 4 unspecified atom stereocenters. The minimum Gasteiger partial charge on any atom is -0.176 e. The van der Waals surface area contributed by atoms with Gasteiger partial charge in [0.15, 0.2) is 0 Å². The number of rotatable bonds is 5. The predicted octanol–water partition coefficient (Wildman–Crippen LogP) is 5.96. The normalized spacial score (nSPS) is 39.2. The zero-order valence-corrected chi connectivity index (χ0v) is 14.2. The van der Waals surface area contributed by atoms with Crippen molar-refractivity contribution in [3.8, 4) is 0 Å². The van der Waals surface area contributed by atoms with E-state index in [0.717, 1.165) is 29.6 Å². The van der Waals surface area contributed by atoms with Gasteiger partial charge in [-0.25, -0.2) is 0 Å². The van der Waals surface area contributed by atoms with E-state index in [-0.39, 0.29) is 0 Å². The first kappa shape index (κ1) is 15.7. The highest BCUT2D eigenvalue weighted by Crippen LogP contribution is 2.41. The Kier molecular flexibility index (Phi) is 6.11. The Morgan fingerprint density at radius 3 is 2.16 bits per heavy atom. The van der Waals surface area contributed by atoms with Gasteiger partial charge in [-0.15, -0.1) is 0 Å². The van der Waals surface area contributed by atoms with Crippen LogP contribution in [0.5, 0.6) is 0 Å². The van der Waals surface area contributed by atoms with Gasteiger partial charge in [0.2, 0.25) is 0 Å². The lowest BCUT2D eigenvalue weighted by atomic mass is 9.73. The maximum absolute atomic E-state index is 4.98. The summed E-state index contributed by atoms with van der Waals surface area (Å²) in [5, 5.41) is 0.688. The molecule has 0 amide bonds. The van der Waals surface area contributed by atoms with Crippen molar-refractivity contribution in [2.75, 3.05) is 0 Å². The fourth-order valence-corrected chi connectivity index (χ4v) is 5.10. The highest BCUT2D eigenvalue weighted by Gasteiger charge is 2.30. The molecule has 2 aliphatic rings. The first-order valence-corrected chi connectivity index (χ1v) is 9.29. The van der Waals surface area contributed by atoms with Crippen molar-refractivity contribution >= 4 is 12.6 Å². The molecule has 2 aliphatic carbocycles. The molecule has 0 aliphatic heterocycles. The van der Waals surface area contributed by atoms with Crippen LogP contribution >= 0.6 is 12.6 Å². The first-order chi connectivity index (χ1) is 9.10. The van der Waals surface area contributed by atoms with Crippen molar-refractivity contribution in [1.82, 2.24) is 0 Å². The Bertz CT molecular complexity index is 254. The van der Waals surface area contributed by atoms with Crippen LogP contribution < -0.4 is 0 Å². The van der Waals surface area contributed by atoms with Crippen molar-refractivity contribution in [3.63, 3.8) is 0 Å². The van der Waals surface area contributed by atoms with Crippen molar-refractivity contribution in [1.29, 1.82) is 0 Å². The third-order valence-corrected chi connectivity index (χ3v) is 6.82. The minimum absolute atomic E-state index is 0.688. The molecule has 0 aromatic carbocycles. The average Bonchev–Trinajstić information content (AvgIpc) is 2.83. The Morgan fingerprint density at radius 2 is 1.63 bits per heavy atom. The van der Waals surface area contributed by atoms with Crippen LogP contribution in [0.4, 0.5) is 0 Å². The molecule has 4 atom stereocenters. The van der Waals surface area contributed by atoms with Crippen LogP contribution in [0.1, 0.15) is 78.6 Å². The molecule has 0 saturated heterocycles. The Labute approximate surface area is 126 Å². The Morgan fingerprint density at radius 1 is 1.00 bits per heavy atom. The fourth-order valence-electron chi connectivity index (χ4n) is 4.51. The zero-order chi connectivity index (χ0) is 13.8. The molecule has 0 N–H and O–H groups in total. The highest BCUT2D eigenvalue weighted by molar-refractivity contribution is 7.81. The number of thiol groups is 1. The lowest BCUT2D eigenvalue weighted by Gasteiger charge is -2.35. The first-order valence-electron chi connectivity index (χ1n) is 8.78. The quantitative estimate of drug-likeness (QED) is 0.591. The summed E-state index contributed by atoms with van der Waals surface area (Å²) in [5.74, 6) is 4.83. The molecule has 0 aromatic rings. The van der Waals surface area contributed by atoms with E-state index in [4.69, 9.17) is 12.6 Å². The second-order valence-corrected chi connectivity index (χ2v) is 8.31. The summed E-state index contributed by atoms with van der Waals surface area (Å²) < 4.78 is 0. The predicted molar refractivity (Wildman–Crippen MR) is 88.8 cm³/mol. The van der Waals surface area contributed by atoms with Gasteiger partial charge in [0.25, 0.3) is 0 Å². The van der Waals surface area contributed by atoms with Crippen LogP contribution in [0.25, 0.3) is 0 Å². The van der Waals surface area contributed by atoms with Gasteiger partial charge in [-0.2, -0.15) is 12.6 Å². The van der Waals surface area contributed by atoms with Gasteiger partial charge < -0.3 is 0 Å². The zero-order valence-electron chi connectivity index (χ0n) is 13.3. The van der Waals surface area contributed by atoms with Crippen LogP contribution in [0.3, 0.4) is 0 Å². The molecule has 0 aromatic heterocycles. The van der Waals surface area contributed by atoms with Crippen molar-refractivity contribution < 1.29 is 0 Å². The van der Waals surface area contributed by atoms with E-state index in [1.54, 1.807) is 0 Å². The highest BCUT2D eigenvalue weighted by atomic mass is 32.1. The molecule has 0 nitrogen and oxygen atoms in total. The van der Waals surface area contributed by atoms with E-state index in [9.17, 15) is 0 Å². The lowest BCUT2D eigenvalue weighted by Crippen LogP contribution is -2.26. The number of hydrogen-bond acceptors (Lipinski definition) is 1. The molecular formula is C18H34S. The SMILES string of the molecule is CCC(C)C1CCC(C(S)CC2CCC(C)C2)CC1. The van der Waals surface area contributed by atoms with Gasteiger partial charge >= 0.3 is 0 Å². The van der Waals surface area contributed by atoms with E-state index >= 15 is 0 Å². The summed E-state index contributed by atoms with van der Waals surface area (Å²) in [5.41, 5.74) is 0. The number of hydrogen-bond donors (Lipinski definition) is 1. The fraction of sp³-hybridized carbons (Fsp3) is 1.00. The van der Waals surface area contributed by atoms with Crippen molar-refractivity contribution in [2.45, 2.75) is 83.8 Å². The van der Waals surface area contributed by atoms with Gasteiger partial charge in [-0.1, -0.05) is 40.0 Å². The largest absolute Gasteiger partial charge is 0.176 e. The molecule has 1 heteroatoms. The summed E-state index contributed by atoms with van der Waals surface area (Å²) in [7, 11) is 0. The monoisotopic (exact) mass is 282 g/mol. The van der Waals surface area contributed by atoms with Crippen molar-refractivity contribution in [3.05, 3.63) is 0 Å². The summed E-state index contributed by atoms with van der Waals surface area (Å²) in [6, 6.07) is 0. The summed E-state index contributed by atoms with van der Waals surface area (Å²) in [6.45, 7) is 7.22. The van der Waals surface area contributed by atoms with Crippen molar-refractivity contribution in [2.24, 2.45) is 29.6 Å².